The van der Waals surface area contributed by atoms with Crippen molar-refractivity contribution in [3.63, 3.8) is 0 Å². The number of fused-ring (bicyclic) bond motifs is 1. The van der Waals surface area contributed by atoms with E-state index in [0.717, 1.165) is 23.4 Å². The van der Waals surface area contributed by atoms with Crippen LogP contribution in [0.15, 0.2) is 30.4 Å². The number of hydrogen-bond donors (Lipinski definition) is 2. The zero-order chi connectivity index (χ0) is 20.0. The molecule has 29 heavy (non-hydrogen) atoms. The van der Waals surface area contributed by atoms with Crippen LogP contribution >= 0.6 is 12.4 Å². The first kappa shape index (κ1) is 21.0. The van der Waals surface area contributed by atoms with Gasteiger partial charge >= 0.3 is 0 Å². The molecule has 2 aliphatic heterocycles. The van der Waals surface area contributed by atoms with Gasteiger partial charge in [-0.3, -0.25) is 29.4 Å². The SMILES string of the molecule is CN(c1ccc2c(c1)C(=O)N(C1CCC(=O)NC1=O)C2=O)[C@H]1CC=CC[C@@H]1N.Cl. The van der Waals surface area contributed by atoms with Gasteiger partial charge in [0.1, 0.15) is 6.04 Å². The fourth-order valence-corrected chi connectivity index (χ4v) is 4.14. The van der Waals surface area contributed by atoms with Crippen LogP contribution in [0.1, 0.15) is 46.4 Å². The van der Waals surface area contributed by atoms with Crippen LogP contribution in [-0.4, -0.2) is 53.7 Å². The molecule has 154 valence electrons. The van der Waals surface area contributed by atoms with Gasteiger partial charge in [-0.1, -0.05) is 12.2 Å². The van der Waals surface area contributed by atoms with E-state index in [-0.39, 0.29) is 54.4 Å². The summed E-state index contributed by atoms with van der Waals surface area (Å²) in [4.78, 5) is 52.2. The fraction of sp³-hybridized carbons (Fsp3) is 0.400. The molecule has 1 unspecified atom stereocenters. The summed E-state index contributed by atoms with van der Waals surface area (Å²) in [6, 6.07) is 4.23. The average Bonchev–Trinajstić information content (AvgIpc) is 2.92. The van der Waals surface area contributed by atoms with E-state index in [2.05, 4.69) is 17.5 Å². The highest BCUT2D eigenvalue weighted by Crippen LogP contribution is 2.31. The van der Waals surface area contributed by atoms with Crippen LogP contribution in [0.25, 0.3) is 0 Å². The van der Waals surface area contributed by atoms with E-state index in [9.17, 15) is 19.2 Å². The topological polar surface area (TPSA) is 113 Å². The fourth-order valence-electron chi connectivity index (χ4n) is 4.14. The van der Waals surface area contributed by atoms with Gasteiger partial charge in [0.15, 0.2) is 0 Å². The average molecular weight is 419 g/mol. The minimum atomic E-state index is -0.955. The minimum Gasteiger partial charge on any atom is -0.370 e. The first-order valence-electron chi connectivity index (χ1n) is 9.37. The summed E-state index contributed by atoms with van der Waals surface area (Å²) in [5.74, 6) is -2.00. The Kier molecular flexibility index (Phi) is 5.77. The second-order valence-corrected chi connectivity index (χ2v) is 7.46. The number of rotatable bonds is 3. The van der Waals surface area contributed by atoms with Crippen molar-refractivity contribution in [2.45, 2.75) is 43.8 Å². The molecular weight excluding hydrogens is 396 g/mol. The van der Waals surface area contributed by atoms with Crippen molar-refractivity contribution >= 4 is 41.7 Å². The Labute approximate surface area is 174 Å². The maximum Gasteiger partial charge on any atom is 0.262 e. The van der Waals surface area contributed by atoms with Crippen LogP contribution in [0.2, 0.25) is 0 Å². The predicted octanol–water partition coefficient (Wildman–Crippen LogP) is 0.992. The molecule has 3 N–H and O–H groups in total. The van der Waals surface area contributed by atoms with E-state index in [4.69, 9.17) is 5.73 Å². The van der Waals surface area contributed by atoms with Crippen molar-refractivity contribution in [1.82, 2.24) is 10.2 Å². The third-order valence-corrected chi connectivity index (χ3v) is 5.77. The largest absolute Gasteiger partial charge is 0.370 e. The first-order valence-corrected chi connectivity index (χ1v) is 9.37. The maximum atomic E-state index is 12.9. The number of nitrogens with two attached hydrogens (primary N) is 1. The highest BCUT2D eigenvalue weighted by Gasteiger charge is 2.44. The monoisotopic (exact) mass is 418 g/mol. The number of anilines is 1. The number of nitrogens with zero attached hydrogens (tertiary/aromatic N) is 2. The van der Waals surface area contributed by atoms with E-state index in [1.165, 1.54) is 0 Å². The Morgan fingerprint density at radius 1 is 1.07 bits per heavy atom. The highest BCUT2D eigenvalue weighted by molar-refractivity contribution is 6.23. The third kappa shape index (κ3) is 3.54. The summed E-state index contributed by atoms with van der Waals surface area (Å²) in [7, 11) is 1.92. The molecule has 3 atom stereocenters. The molecule has 1 aromatic rings. The zero-order valence-electron chi connectivity index (χ0n) is 16.0. The van der Waals surface area contributed by atoms with Gasteiger partial charge in [-0.05, 0) is 37.5 Å². The van der Waals surface area contributed by atoms with E-state index in [0.29, 0.717) is 0 Å². The molecule has 0 spiro atoms. The Balaban J connectivity index is 0.00000240. The molecule has 0 saturated carbocycles. The number of amides is 4. The molecule has 8 nitrogen and oxygen atoms in total. The number of benzene rings is 1. The van der Waals surface area contributed by atoms with Crippen molar-refractivity contribution < 1.29 is 19.2 Å². The Morgan fingerprint density at radius 2 is 1.76 bits per heavy atom. The van der Waals surface area contributed by atoms with Crippen LogP contribution in [-0.2, 0) is 9.59 Å². The molecule has 1 aliphatic carbocycles. The lowest BCUT2D eigenvalue weighted by atomic mass is 9.95. The summed E-state index contributed by atoms with van der Waals surface area (Å²) in [6.07, 6.45) is 6.01. The molecule has 1 saturated heterocycles. The summed E-state index contributed by atoms with van der Waals surface area (Å²) in [5, 5.41) is 2.20. The van der Waals surface area contributed by atoms with Crippen LogP contribution in [0.3, 0.4) is 0 Å². The van der Waals surface area contributed by atoms with Gasteiger partial charge in [0, 0.05) is 31.2 Å². The number of halogens is 1. The third-order valence-electron chi connectivity index (χ3n) is 5.77. The van der Waals surface area contributed by atoms with Gasteiger partial charge in [-0.15, -0.1) is 12.4 Å². The van der Waals surface area contributed by atoms with E-state index >= 15 is 0 Å². The molecule has 0 aromatic heterocycles. The van der Waals surface area contributed by atoms with E-state index < -0.39 is 23.8 Å². The molecule has 9 heteroatoms. The number of carbonyl (C=O) groups is 4. The summed E-state index contributed by atoms with van der Waals surface area (Å²) < 4.78 is 0. The molecule has 1 fully saturated rings. The van der Waals surface area contributed by atoms with Crippen molar-refractivity contribution in [3.8, 4) is 0 Å². The Hall–Kier alpha value is -2.71. The second kappa shape index (κ2) is 7.96. The van der Waals surface area contributed by atoms with Gasteiger partial charge in [0.05, 0.1) is 11.1 Å². The number of imide groups is 2. The molecule has 0 bridgehead atoms. The molecule has 0 radical (unpaired) electrons. The van der Waals surface area contributed by atoms with Gasteiger partial charge < -0.3 is 10.6 Å². The van der Waals surface area contributed by atoms with Crippen LogP contribution in [0, 0.1) is 0 Å². The number of hydrogen-bond acceptors (Lipinski definition) is 6. The van der Waals surface area contributed by atoms with Gasteiger partial charge in [0.25, 0.3) is 11.8 Å². The van der Waals surface area contributed by atoms with Crippen LogP contribution in [0.4, 0.5) is 5.69 Å². The van der Waals surface area contributed by atoms with Crippen molar-refractivity contribution in [1.29, 1.82) is 0 Å². The minimum absolute atomic E-state index is 0. The lowest BCUT2D eigenvalue weighted by Crippen LogP contribution is -2.54. The molecule has 3 aliphatic rings. The number of nitrogens with one attached hydrogen (secondary N) is 1. The zero-order valence-corrected chi connectivity index (χ0v) is 16.8. The summed E-state index contributed by atoms with van der Waals surface area (Å²) >= 11 is 0. The van der Waals surface area contributed by atoms with Gasteiger partial charge in [-0.2, -0.15) is 0 Å². The lowest BCUT2D eigenvalue weighted by Gasteiger charge is -2.35. The molecular formula is C20H23ClN4O4. The van der Waals surface area contributed by atoms with E-state index in [1.807, 2.05) is 11.9 Å². The van der Waals surface area contributed by atoms with Crippen LogP contribution in [0.5, 0.6) is 0 Å². The lowest BCUT2D eigenvalue weighted by molar-refractivity contribution is -0.136. The first-order chi connectivity index (χ1) is 13.4. The Morgan fingerprint density at radius 3 is 2.45 bits per heavy atom. The molecule has 4 rings (SSSR count). The summed E-state index contributed by atoms with van der Waals surface area (Å²) in [6.45, 7) is 0. The second-order valence-electron chi connectivity index (χ2n) is 7.46. The number of likely N-dealkylation sites (N-methyl/N-ethyl adjacent to an activating group) is 1. The summed E-state index contributed by atoms with van der Waals surface area (Å²) in [5.41, 5.74) is 7.58. The number of piperidine rings is 1. The van der Waals surface area contributed by atoms with Gasteiger partial charge in [0.2, 0.25) is 11.8 Å². The van der Waals surface area contributed by atoms with Crippen LogP contribution < -0.4 is 16.0 Å². The molecule has 2 heterocycles. The van der Waals surface area contributed by atoms with Crippen molar-refractivity contribution in [2.24, 2.45) is 5.73 Å². The molecule has 4 amide bonds. The normalized spacial score (nSPS) is 26.1. The molecule has 1 aromatic carbocycles. The van der Waals surface area contributed by atoms with Gasteiger partial charge in [-0.25, -0.2) is 0 Å². The predicted molar refractivity (Wildman–Crippen MR) is 109 cm³/mol. The highest BCUT2D eigenvalue weighted by atomic mass is 35.5. The Bertz CT molecular complexity index is 916. The number of carbonyl (C=O) groups excluding carboxylic acids is 4. The quantitative estimate of drug-likeness (QED) is 0.559. The maximum absolute atomic E-state index is 12.9. The smallest absolute Gasteiger partial charge is 0.262 e. The standard InChI is InChI=1S/C20H22N4O4.ClH/c1-23(15-5-3-2-4-14(15)21)11-6-7-12-13(10-11)20(28)24(19(12)27)16-8-9-17(25)22-18(16)26;/h2-3,6-7,10,14-16H,4-5,8-9,21H2,1H3,(H,22,25,26);1H/t14-,15-,16?;/m0./s1. The van der Waals surface area contributed by atoms with Crippen molar-refractivity contribution in [3.05, 3.63) is 41.5 Å². The van der Waals surface area contributed by atoms with E-state index in [1.54, 1.807) is 18.2 Å². The van der Waals surface area contributed by atoms with Crippen molar-refractivity contribution in [2.75, 3.05) is 11.9 Å².